The summed E-state index contributed by atoms with van der Waals surface area (Å²) in [6.45, 7) is 1.67. The summed E-state index contributed by atoms with van der Waals surface area (Å²) < 4.78 is 16.5. The second kappa shape index (κ2) is 17.6. The van der Waals surface area contributed by atoms with Crippen LogP contribution in [0, 0.1) is 0 Å². The van der Waals surface area contributed by atoms with Crippen molar-refractivity contribution in [1.82, 2.24) is 0 Å². The Morgan fingerprint density at radius 2 is 1.27 bits per heavy atom. The van der Waals surface area contributed by atoms with Crippen molar-refractivity contribution in [2.75, 3.05) is 14.2 Å². The minimum absolute atomic E-state index is 0.184. The van der Waals surface area contributed by atoms with E-state index in [-0.39, 0.29) is 35.7 Å². The van der Waals surface area contributed by atoms with E-state index in [0.29, 0.717) is 78.7 Å². The topological polar surface area (TPSA) is 116 Å². The Labute approximate surface area is 350 Å². The van der Waals surface area contributed by atoms with Gasteiger partial charge in [0.2, 0.25) is 11.6 Å². The summed E-state index contributed by atoms with van der Waals surface area (Å²) in [6.07, 6.45) is -1.37. The fourth-order valence-corrected chi connectivity index (χ4v) is 8.96. The second-order valence-corrected chi connectivity index (χ2v) is 16.2. The fourth-order valence-electron chi connectivity index (χ4n) is 5.96. The van der Waals surface area contributed by atoms with E-state index < -0.39 is 18.0 Å². The van der Waals surface area contributed by atoms with E-state index in [4.69, 9.17) is 60.6 Å². The zero-order valence-corrected chi connectivity index (χ0v) is 34.4. The number of methoxy groups -OCH3 is 2. The highest BCUT2D eigenvalue weighted by molar-refractivity contribution is 7.18. The third-order valence-electron chi connectivity index (χ3n) is 8.69. The van der Waals surface area contributed by atoms with E-state index in [1.54, 1.807) is 99.0 Å². The molecule has 0 fully saturated rings. The predicted octanol–water partition coefficient (Wildman–Crippen LogP) is 11.7. The summed E-state index contributed by atoms with van der Waals surface area (Å²) in [7, 11) is 2.97. The number of ketones is 2. The number of ether oxygens (including phenoxy) is 3. The molecule has 0 spiro atoms. The number of hydrogen-bond donors (Lipinski definition) is 1. The van der Waals surface area contributed by atoms with E-state index in [9.17, 15) is 24.3 Å². The van der Waals surface area contributed by atoms with Gasteiger partial charge in [0, 0.05) is 30.9 Å². The van der Waals surface area contributed by atoms with Gasteiger partial charge in [-0.05, 0) is 108 Å². The molecule has 8 nitrogen and oxygen atoms in total. The second-order valence-electron chi connectivity index (χ2n) is 12.4. The highest BCUT2D eigenvalue weighted by Crippen LogP contribution is 2.40. The normalized spacial score (nSPS) is 11.6. The zero-order chi connectivity index (χ0) is 40.3. The van der Waals surface area contributed by atoms with Crippen molar-refractivity contribution in [3.63, 3.8) is 0 Å². The van der Waals surface area contributed by atoms with Crippen LogP contribution in [0.5, 0.6) is 11.5 Å². The Bertz CT molecular complexity index is 2490. The molecule has 0 aliphatic rings. The van der Waals surface area contributed by atoms with Crippen LogP contribution in [0.25, 0.3) is 20.9 Å². The Balaban J connectivity index is 1.28. The molecule has 0 aliphatic carbocycles. The Morgan fingerprint density at radius 3 is 1.88 bits per heavy atom. The summed E-state index contributed by atoms with van der Waals surface area (Å²) in [5.41, 5.74) is 3.40. The van der Waals surface area contributed by atoms with Crippen LogP contribution in [-0.2, 0) is 27.2 Å². The van der Waals surface area contributed by atoms with Gasteiger partial charge in [-0.1, -0.05) is 58.5 Å². The van der Waals surface area contributed by atoms with Crippen LogP contribution in [0.1, 0.15) is 60.2 Å². The molecule has 1 atom stereocenters. The monoisotopic (exact) mass is 866 g/mol. The van der Waals surface area contributed by atoms with E-state index >= 15 is 0 Å². The molecule has 2 aromatic heterocycles. The summed E-state index contributed by atoms with van der Waals surface area (Å²) in [5.74, 6) is -1.36. The van der Waals surface area contributed by atoms with Crippen LogP contribution >= 0.6 is 69.1 Å². The van der Waals surface area contributed by atoms with E-state index in [1.807, 2.05) is 0 Å². The van der Waals surface area contributed by atoms with Gasteiger partial charge in [-0.3, -0.25) is 19.2 Å². The molecule has 6 rings (SSSR count). The number of carbonyl (C=O) groups excluding carboxylic acids is 3. The molecule has 0 saturated carbocycles. The minimum atomic E-state index is -1.08. The SMILES string of the molecule is COc1ccc(C(=O)c2cc(CC(=O)OC(C)c3cc(-c4sc(C(=O)c5ccc(Cl)cc5OC)cc4CC(=O)O)ccc3Cl)c(-c3ccc(Cl)c(Cl)c3)s2)cc1. The maximum absolute atomic E-state index is 13.6. The fraction of sp³-hybridized carbons (Fsp3) is 0.143. The quantitative estimate of drug-likeness (QED) is 0.0850. The molecule has 6 aromatic rings. The Hall–Kier alpha value is -4.68. The molecular formula is C42H30Cl4O8S2. The molecule has 2 heterocycles. The molecular weight excluding hydrogens is 838 g/mol. The van der Waals surface area contributed by atoms with Gasteiger partial charge < -0.3 is 19.3 Å². The van der Waals surface area contributed by atoms with Gasteiger partial charge in [0.15, 0.2) is 0 Å². The maximum atomic E-state index is 13.6. The van der Waals surface area contributed by atoms with Crippen molar-refractivity contribution >= 4 is 92.6 Å². The molecule has 286 valence electrons. The number of hydrogen-bond acceptors (Lipinski definition) is 9. The van der Waals surface area contributed by atoms with E-state index in [2.05, 4.69) is 0 Å². The lowest BCUT2D eigenvalue weighted by atomic mass is 10.0. The molecule has 1 N–H and O–H groups in total. The third kappa shape index (κ3) is 9.13. The van der Waals surface area contributed by atoms with Gasteiger partial charge >= 0.3 is 11.9 Å². The first-order valence-electron chi connectivity index (χ1n) is 16.7. The number of carboxylic acids is 1. The average molecular weight is 869 g/mol. The largest absolute Gasteiger partial charge is 0.497 e. The first kappa shape index (κ1) is 41.0. The molecule has 0 radical (unpaired) electrons. The van der Waals surface area contributed by atoms with Crippen LogP contribution in [0.2, 0.25) is 20.1 Å². The summed E-state index contributed by atoms with van der Waals surface area (Å²) in [4.78, 5) is 54.6. The van der Waals surface area contributed by atoms with Gasteiger partial charge in [0.1, 0.15) is 17.6 Å². The van der Waals surface area contributed by atoms with Crippen molar-refractivity contribution in [2.45, 2.75) is 25.9 Å². The smallest absolute Gasteiger partial charge is 0.310 e. The number of halogens is 4. The lowest BCUT2D eigenvalue weighted by Crippen LogP contribution is -2.12. The number of thiophene rings is 2. The lowest BCUT2D eigenvalue weighted by molar-refractivity contribution is -0.147. The third-order valence-corrected chi connectivity index (χ3v) is 12.5. The molecule has 4 aromatic carbocycles. The van der Waals surface area contributed by atoms with Crippen molar-refractivity contribution in [3.8, 4) is 32.4 Å². The van der Waals surface area contributed by atoms with Crippen LogP contribution in [-0.4, -0.2) is 42.8 Å². The molecule has 56 heavy (non-hydrogen) atoms. The molecule has 0 aliphatic heterocycles. The Kier molecular flexibility index (Phi) is 12.9. The summed E-state index contributed by atoms with van der Waals surface area (Å²) >= 11 is 27.6. The van der Waals surface area contributed by atoms with E-state index in [1.165, 1.54) is 24.5 Å². The molecule has 0 bridgehead atoms. The molecule has 14 heteroatoms. The summed E-state index contributed by atoms with van der Waals surface area (Å²) in [5, 5.41) is 11.1. The van der Waals surface area contributed by atoms with Gasteiger partial charge in [-0.2, -0.15) is 0 Å². The number of carboxylic acid groups (broad SMARTS) is 1. The average Bonchev–Trinajstić information content (AvgIpc) is 3.79. The van der Waals surface area contributed by atoms with Crippen LogP contribution in [0.4, 0.5) is 0 Å². The van der Waals surface area contributed by atoms with Crippen LogP contribution < -0.4 is 9.47 Å². The van der Waals surface area contributed by atoms with Crippen LogP contribution in [0.15, 0.2) is 91.0 Å². The molecule has 0 amide bonds. The summed E-state index contributed by atoms with van der Waals surface area (Å²) in [6, 6.07) is 24.8. The first-order valence-corrected chi connectivity index (χ1v) is 19.9. The van der Waals surface area contributed by atoms with Gasteiger partial charge in [0.25, 0.3) is 0 Å². The maximum Gasteiger partial charge on any atom is 0.310 e. The molecule has 0 saturated heterocycles. The standard InChI is InChI=1S/C42H30Cl4O8S2/c1-21(30-14-23(6-12-31(30)44)41-25(18-37(47)48)16-36(56-41)40(51)29-11-8-27(43)20-34(29)53-3)54-38(49)19-26-17-35(39(50)22-4-9-28(52-2)10-5-22)55-42(26)24-7-13-32(45)33(46)15-24/h4-17,20-21H,18-19H2,1-3H3,(H,47,48). The van der Waals surface area contributed by atoms with Crippen molar-refractivity contribution in [3.05, 3.63) is 149 Å². The number of aliphatic carboxylic acids is 1. The highest BCUT2D eigenvalue weighted by Gasteiger charge is 2.25. The highest BCUT2D eigenvalue weighted by atomic mass is 35.5. The molecule has 1 unspecified atom stereocenters. The Morgan fingerprint density at radius 1 is 0.661 bits per heavy atom. The van der Waals surface area contributed by atoms with Gasteiger partial charge in [0.05, 0.1) is 52.4 Å². The minimum Gasteiger partial charge on any atom is -0.497 e. The number of carbonyl (C=O) groups is 4. The van der Waals surface area contributed by atoms with Gasteiger partial charge in [-0.15, -0.1) is 22.7 Å². The predicted molar refractivity (Wildman–Crippen MR) is 222 cm³/mol. The number of rotatable bonds is 14. The zero-order valence-electron chi connectivity index (χ0n) is 29.8. The number of benzene rings is 4. The van der Waals surface area contributed by atoms with Crippen molar-refractivity contribution in [2.24, 2.45) is 0 Å². The number of esters is 1. The van der Waals surface area contributed by atoms with Gasteiger partial charge in [-0.25, -0.2) is 0 Å². The van der Waals surface area contributed by atoms with Crippen LogP contribution in [0.3, 0.4) is 0 Å². The van der Waals surface area contributed by atoms with Crippen molar-refractivity contribution < 1.29 is 38.5 Å². The van der Waals surface area contributed by atoms with Crippen molar-refractivity contribution in [1.29, 1.82) is 0 Å². The first-order chi connectivity index (χ1) is 26.8. The lowest BCUT2D eigenvalue weighted by Gasteiger charge is -2.17. The van der Waals surface area contributed by atoms with E-state index in [0.717, 1.165) is 11.3 Å².